The molecule has 3 aromatic carbocycles. The van der Waals surface area contributed by atoms with E-state index in [0.717, 1.165) is 41.8 Å². The minimum absolute atomic E-state index is 0.0253. The first-order chi connectivity index (χ1) is 24.4. The zero-order valence-electron chi connectivity index (χ0n) is 28.6. The van der Waals surface area contributed by atoms with Crippen LogP contribution in [0.4, 0.5) is 0 Å². The number of fused-ring (bicyclic) bond motifs is 6. The minimum atomic E-state index is -0.661. The summed E-state index contributed by atoms with van der Waals surface area (Å²) in [6, 6.07) is 23.6. The Bertz CT molecular complexity index is 1710. The topological polar surface area (TPSA) is 123 Å². The normalized spacial score (nSPS) is 26.0. The van der Waals surface area contributed by atoms with Crippen LogP contribution >= 0.6 is 0 Å². The Balaban J connectivity index is 1.13. The molecule has 3 aromatic rings. The lowest BCUT2D eigenvalue weighted by atomic mass is 10.00. The van der Waals surface area contributed by atoms with E-state index in [1.807, 2.05) is 65.6 Å². The number of likely N-dealkylation sites (tertiary alicyclic amines) is 1. The van der Waals surface area contributed by atoms with Crippen molar-refractivity contribution in [2.45, 2.75) is 75.4 Å². The number of hydrogen-bond donors (Lipinski definition) is 3. The molecule has 0 saturated carbocycles. The molecule has 3 saturated heterocycles. The zero-order valence-corrected chi connectivity index (χ0v) is 28.6. The van der Waals surface area contributed by atoms with Gasteiger partial charge in [0.15, 0.2) is 0 Å². The van der Waals surface area contributed by atoms with E-state index < -0.39 is 6.04 Å². The molecule has 3 fully saturated rings. The molecule has 3 N–H and O–H groups in total. The number of benzene rings is 3. The quantitative estimate of drug-likeness (QED) is 0.379. The third-order valence-electron chi connectivity index (χ3n) is 10.8. The molecule has 0 aliphatic carbocycles. The maximum absolute atomic E-state index is 14.2. The summed E-state index contributed by atoms with van der Waals surface area (Å²) < 4.78 is 5.40. The van der Waals surface area contributed by atoms with Crippen LogP contribution in [0.2, 0.25) is 0 Å². The van der Waals surface area contributed by atoms with Gasteiger partial charge in [-0.25, -0.2) is 0 Å². The van der Waals surface area contributed by atoms with E-state index >= 15 is 0 Å². The zero-order chi connectivity index (χ0) is 34.6. The lowest BCUT2D eigenvalue weighted by Gasteiger charge is -2.40. The standard InChI is InChI=1S/C39H46N6O5/c1-50-33-13-7-8-26(18-33)22-40-30-20-34-37(47)41-23-29-12-6-5-11-28(29)19-36(46)42-31-21-35(45(25-31)38(48)27-9-3-2-4-10-27)39(49)43-16-14-32(15-17-43)44(34)24-30/h2-13,18,30-32,34-35,40H,14-17,19-25H2,1H3,(H,41,47)(H,42,46)/t30-,31+,34-,35-/m0/s1. The summed E-state index contributed by atoms with van der Waals surface area (Å²) in [7, 11) is 1.66. The number of hydrogen-bond acceptors (Lipinski definition) is 7. The van der Waals surface area contributed by atoms with Gasteiger partial charge in [0.2, 0.25) is 17.7 Å². The second-order valence-electron chi connectivity index (χ2n) is 13.9. The van der Waals surface area contributed by atoms with Crippen LogP contribution in [0.25, 0.3) is 0 Å². The molecule has 5 heterocycles. The van der Waals surface area contributed by atoms with Gasteiger partial charge < -0.3 is 30.5 Å². The summed E-state index contributed by atoms with van der Waals surface area (Å²) in [6.45, 7) is 3.07. The third-order valence-corrected chi connectivity index (χ3v) is 10.8. The molecule has 0 radical (unpaired) electrons. The Labute approximate surface area is 293 Å². The third kappa shape index (κ3) is 7.39. The SMILES string of the molecule is COc1cccc(CN[C@H]2C[C@H]3C(=O)NCc4ccccc4CC(=O)N[C@@H]4C[C@@H](C(=O)N5CCC(CC5)N3C2)N(C(=O)c2ccccc2)C4)c1. The van der Waals surface area contributed by atoms with Crippen molar-refractivity contribution in [3.05, 3.63) is 101 Å². The number of nitrogens with zero attached hydrogens (tertiary/aromatic N) is 3. The Morgan fingerprint density at radius 2 is 1.64 bits per heavy atom. The van der Waals surface area contributed by atoms with Crippen molar-refractivity contribution in [2.24, 2.45) is 0 Å². The van der Waals surface area contributed by atoms with Crippen LogP contribution in [0.15, 0.2) is 78.9 Å². The van der Waals surface area contributed by atoms with Gasteiger partial charge in [0.25, 0.3) is 5.91 Å². The van der Waals surface area contributed by atoms with Crippen molar-refractivity contribution < 1.29 is 23.9 Å². The Hall–Kier alpha value is -4.74. The van der Waals surface area contributed by atoms with Crippen molar-refractivity contribution >= 4 is 23.6 Å². The molecule has 4 amide bonds. The first-order valence-electron chi connectivity index (χ1n) is 17.8. The van der Waals surface area contributed by atoms with E-state index in [-0.39, 0.29) is 60.8 Å². The van der Waals surface area contributed by atoms with E-state index in [0.29, 0.717) is 44.6 Å². The fourth-order valence-corrected chi connectivity index (χ4v) is 8.14. The lowest BCUT2D eigenvalue weighted by molar-refractivity contribution is -0.137. The van der Waals surface area contributed by atoms with E-state index in [1.54, 1.807) is 24.1 Å². The fraction of sp³-hybridized carbons (Fsp3) is 0.436. The largest absolute Gasteiger partial charge is 0.497 e. The first kappa shape index (κ1) is 33.7. The molecule has 11 nitrogen and oxygen atoms in total. The molecule has 5 aliphatic rings. The van der Waals surface area contributed by atoms with Gasteiger partial charge in [0.05, 0.1) is 19.6 Å². The van der Waals surface area contributed by atoms with Crippen molar-refractivity contribution in [3.8, 4) is 5.75 Å². The van der Waals surface area contributed by atoms with Crippen LogP contribution in [-0.4, -0.2) is 102 Å². The number of amides is 4. The average molecular weight is 679 g/mol. The molecule has 5 aliphatic heterocycles. The van der Waals surface area contributed by atoms with Crippen molar-refractivity contribution in [1.29, 1.82) is 0 Å². The van der Waals surface area contributed by atoms with Gasteiger partial charge in [-0.05, 0) is 66.6 Å². The fourth-order valence-electron chi connectivity index (χ4n) is 8.14. The monoisotopic (exact) mass is 678 g/mol. The van der Waals surface area contributed by atoms with Crippen molar-refractivity contribution in [2.75, 3.05) is 33.3 Å². The summed E-state index contributed by atoms with van der Waals surface area (Å²) in [4.78, 5) is 61.1. The number of ether oxygens (including phenoxy) is 1. The Morgan fingerprint density at radius 3 is 2.42 bits per heavy atom. The molecular weight excluding hydrogens is 632 g/mol. The van der Waals surface area contributed by atoms with Crippen LogP contribution in [0, 0.1) is 0 Å². The highest BCUT2D eigenvalue weighted by Crippen LogP contribution is 2.30. The Morgan fingerprint density at radius 1 is 0.880 bits per heavy atom. The number of carbonyl (C=O) groups excluding carboxylic acids is 4. The Kier molecular flexibility index (Phi) is 10.1. The first-order valence-corrected chi connectivity index (χ1v) is 17.8. The smallest absolute Gasteiger partial charge is 0.254 e. The highest BCUT2D eigenvalue weighted by Gasteiger charge is 2.45. The van der Waals surface area contributed by atoms with Crippen LogP contribution in [0.3, 0.4) is 0 Å². The number of nitrogens with one attached hydrogen (secondary N) is 3. The molecule has 4 atom stereocenters. The molecule has 50 heavy (non-hydrogen) atoms. The molecule has 0 aromatic heterocycles. The summed E-state index contributed by atoms with van der Waals surface area (Å²) in [6.07, 6.45) is 2.64. The van der Waals surface area contributed by atoms with Gasteiger partial charge in [0.1, 0.15) is 11.8 Å². The summed E-state index contributed by atoms with van der Waals surface area (Å²) in [5, 5.41) is 10.00. The van der Waals surface area contributed by atoms with Gasteiger partial charge in [-0.2, -0.15) is 0 Å². The van der Waals surface area contributed by atoms with E-state index in [1.165, 1.54) is 0 Å². The maximum Gasteiger partial charge on any atom is 0.254 e. The highest BCUT2D eigenvalue weighted by atomic mass is 16.5. The van der Waals surface area contributed by atoms with Crippen LogP contribution < -0.4 is 20.7 Å². The molecule has 8 rings (SSSR count). The van der Waals surface area contributed by atoms with Gasteiger partial charge in [0, 0.05) is 63.0 Å². The number of piperidine rings is 1. The van der Waals surface area contributed by atoms with Gasteiger partial charge in [-0.3, -0.25) is 24.1 Å². The van der Waals surface area contributed by atoms with Crippen molar-refractivity contribution in [3.63, 3.8) is 0 Å². The predicted molar refractivity (Wildman–Crippen MR) is 188 cm³/mol. The van der Waals surface area contributed by atoms with Crippen LogP contribution in [0.5, 0.6) is 5.75 Å². The number of rotatable bonds is 5. The van der Waals surface area contributed by atoms with E-state index in [9.17, 15) is 19.2 Å². The maximum atomic E-state index is 14.2. The van der Waals surface area contributed by atoms with Crippen molar-refractivity contribution in [1.82, 2.24) is 30.7 Å². The minimum Gasteiger partial charge on any atom is -0.497 e. The van der Waals surface area contributed by atoms with Crippen LogP contribution in [0.1, 0.15) is 52.7 Å². The molecule has 4 bridgehead atoms. The number of methoxy groups -OCH3 is 1. The van der Waals surface area contributed by atoms with E-state index in [2.05, 4.69) is 26.9 Å². The second kappa shape index (κ2) is 15.0. The van der Waals surface area contributed by atoms with Gasteiger partial charge in [-0.1, -0.05) is 54.6 Å². The molecule has 0 spiro atoms. The molecule has 11 heteroatoms. The second-order valence-corrected chi connectivity index (χ2v) is 13.9. The van der Waals surface area contributed by atoms with E-state index in [4.69, 9.17) is 4.74 Å². The summed E-state index contributed by atoms with van der Waals surface area (Å²) >= 11 is 0. The lowest BCUT2D eigenvalue weighted by Crippen LogP contribution is -2.54. The summed E-state index contributed by atoms with van der Waals surface area (Å²) in [5.41, 5.74) is 3.36. The summed E-state index contributed by atoms with van der Waals surface area (Å²) in [5.74, 6) is 0.323. The predicted octanol–water partition coefficient (Wildman–Crippen LogP) is 2.49. The van der Waals surface area contributed by atoms with Crippen LogP contribution in [-0.2, 0) is 33.9 Å². The number of carbonyl (C=O) groups is 4. The van der Waals surface area contributed by atoms with Gasteiger partial charge >= 0.3 is 0 Å². The molecule has 262 valence electrons. The van der Waals surface area contributed by atoms with Gasteiger partial charge in [-0.15, -0.1) is 0 Å². The molecule has 0 unspecified atom stereocenters. The highest BCUT2D eigenvalue weighted by molar-refractivity contribution is 5.98. The average Bonchev–Trinajstić information content (AvgIpc) is 3.78. The molecular formula is C39H46N6O5.